The highest BCUT2D eigenvalue weighted by atomic mass is 15.1. The molecule has 6 aliphatic rings. The van der Waals surface area contributed by atoms with Gasteiger partial charge in [-0.3, -0.25) is 0 Å². The maximum atomic E-state index is 2.55. The Morgan fingerprint density at radius 3 is 0.600 bits per heavy atom. The Balaban J connectivity index is 0.000000171. The van der Waals surface area contributed by atoms with E-state index < -0.39 is 0 Å². The molecule has 0 heterocycles. The van der Waals surface area contributed by atoms with Crippen LogP contribution in [0.15, 0.2) is 303 Å². The standard InChI is InChI=1S/C73H79N.C70H73N/c1-67(2,3)46-25-29-49(30-26-46)74(50-31-36-57-52-21-19-20-22-60(52)71(13,14)65(57)43-50)51-41-58(44-23-32-53-55-34-27-47(68(4,5)6)39-63(55)72(15,16)61(53)37-44)66(70(10,11)12)59(42-51)45-24-33-54-56-35-28-48(69(7,8)9)40-64(56)73(17,18)62(54)38-45;1-42-57(43-21-30-52-54-32-25-46(66(5,6)7)37-62(54)69(13,14)60(52)35-43)39-50(40-58(42)44-22-31-53-55-33-26-47(67(8,9)10)38-63(55)70(15,16)61(53)36-44)71(48-27-23-45(24-28-48)65(2,3)4)49-29-34-56-51-19-17-18-20-59(51)68(11,12)64(56)41-49/h19-43H,1-18H3;17-41H,1-16H3. The summed E-state index contributed by atoms with van der Waals surface area (Å²) in [5.74, 6) is 0. The number of hydrogen-bond donors (Lipinski definition) is 0. The lowest BCUT2D eigenvalue weighted by atomic mass is 9.74. The lowest BCUT2D eigenvalue weighted by molar-refractivity contribution is 0.584. The number of nitrogens with zero attached hydrogens (tertiary/aromatic N) is 2. The molecule has 0 aromatic heterocycles. The van der Waals surface area contributed by atoms with Gasteiger partial charge in [-0.05, 0) is 364 Å². The molecule has 0 spiro atoms. The fraction of sp³-hybridized carbons (Fsp3) is 0.329. The highest BCUT2D eigenvalue weighted by molar-refractivity contribution is 5.98. The Labute approximate surface area is 869 Å². The number of fused-ring (bicyclic) bond motifs is 18. The zero-order valence-corrected chi connectivity index (χ0v) is 93.3. The van der Waals surface area contributed by atoms with E-state index >= 15 is 0 Å². The van der Waals surface area contributed by atoms with E-state index in [0.717, 1.165) is 34.1 Å². The van der Waals surface area contributed by atoms with Gasteiger partial charge in [-0.2, -0.15) is 0 Å². The van der Waals surface area contributed by atoms with Crippen LogP contribution in [-0.4, -0.2) is 0 Å². The molecule has 0 saturated heterocycles. The maximum Gasteiger partial charge on any atom is 0.0474 e. The van der Waals surface area contributed by atoms with Crippen LogP contribution < -0.4 is 9.80 Å². The fourth-order valence-electron chi connectivity index (χ4n) is 25.7. The molecule has 22 rings (SSSR count). The number of benzene rings is 16. The van der Waals surface area contributed by atoms with Gasteiger partial charge in [0.15, 0.2) is 0 Å². The molecule has 734 valence electrons. The van der Waals surface area contributed by atoms with Gasteiger partial charge in [0.1, 0.15) is 0 Å². The molecule has 2 nitrogen and oxygen atoms in total. The highest BCUT2D eigenvalue weighted by Gasteiger charge is 2.46. The Kier molecular flexibility index (Phi) is 22.4. The summed E-state index contributed by atoms with van der Waals surface area (Å²) in [6, 6.07) is 120. The summed E-state index contributed by atoms with van der Waals surface area (Å²) in [4.78, 5) is 5.08. The third-order valence-electron chi connectivity index (χ3n) is 34.8. The zero-order valence-electron chi connectivity index (χ0n) is 93.3. The molecule has 16 aromatic rings. The normalized spacial score (nSPS) is 15.7. The van der Waals surface area contributed by atoms with Gasteiger partial charge in [-0.15, -0.1) is 0 Å². The van der Waals surface area contributed by atoms with Crippen LogP contribution in [0.4, 0.5) is 34.1 Å². The van der Waals surface area contributed by atoms with Gasteiger partial charge < -0.3 is 9.80 Å². The van der Waals surface area contributed by atoms with E-state index in [0.29, 0.717) is 0 Å². The van der Waals surface area contributed by atoms with E-state index in [1.807, 2.05) is 0 Å². The van der Waals surface area contributed by atoms with Crippen molar-refractivity contribution in [1.29, 1.82) is 0 Å². The average molecular weight is 1900 g/mol. The lowest BCUT2D eigenvalue weighted by Crippen LogP contribution is -2.19. The summed E-state index contributed by atoms with van der Waals surface area (Å²) < 4.78 is 0. The third kappa shape index (κ3) is 16.0. The van der Waals surface area contributed by atoms with Gasteiger partial charge >= 0.3 is 0 Å². The zero-order chi connectivity index (χ0) is 104. The number of hydrogen-bond acceptors (Lipinski definition) is 2. The molecule has 0 fully saturated rings. The smallest absolute Gasteiger partial charge is 0.0474 e. The number of rotatable bonds is 10. The summed E-state index contributed by atoms with van der Waals surface area (Å²) >= 11 is 0. The van der Waals surface area contributed by atoms with Crippen LogP contribution in [0.25, 0.3) is 111 Å². The average Bonchev–Trinajstić information content (AvgIpc) is 1.67. The van der Waals surface area contributed by atoms with E-state index in [1.54, 1.807) is 0 Å². The van der Waals surface area contributed by atoms with Crippen molar-refractivity contribution >= 4 is 34.1 Å². The summed E-state index contributed by atoms with van der Waals surface area (Å²) in [5.41, 5.74) is 59.9. The molecule has 0 saturated carbocycles. The fourth-order valence-corrected chi connectivity index (χ4v) is 25.7. The second kappa shape index (κ2) is 33.1. The van der Waals surface area contributed by atoms with Crippen molar-refractivity contribution in [1.82, 2.24) is 0 Å². The van der Waals surface area contributed by atoms with Crippen LogP contribution in [0.5, 0.6) is 0 Å². The number of anilines is 6. The van der Waals surface area contributed by atoms with Crippen LogP contribution in [0.1, 0.15) is 340 Å². The van der Waals surface area contributed by atoms with Gasteiger partial charge in [0.05, 0.1) is 0 Å². The summed E-state index contributed by atoms with van der Waals surface area (Å²) in [6.45, 7) is 80.4. The van der Waals surface area contributed by atoms with E-state index in [2.05, 4.69) is 549 Å². The first-order valence-corrected chi connectivity index (χ1v) is 53.6. The molecule has 145 heavy (non-hydrogen) atoms. The molecule has 16 aromatic carbocycles. The molecule has 0 atom stereocenters. The third-order valence-corrected chi connectivity index (χ3v) is 34.8. The molecule has 0 aliphatic heterocycles. The van der Waals surface area contributed by atoms with Crippen LogP contribution in [0.2, 0.25) is 0 Å². The Morgan fingerprint density at radius 1 is 0.152 bits per heavy atom. The lowest BCUT2D eigenvalue weighted by Gasteiger charge is -2.33. The summed E-state index contributed by atoms with van der Waals surface area (Å²) in [7, 11) is 0. The minimum atomic E-state index is -0.218. The van der Waals surface area contributed by atoms with Crippen molar-refractivity contribution in [2.24, 2.45) is 0 Å². The molecule has 2 heteroatoms. The van der Waals surface area contributed by atoms with Crippen molar-refractivity contribution < 1.29 is 0 Å². The van der Waals surface area contributed by atoms with E-state index in [-0.39, 0.29) is 70.4 Å². The van der Waals surface area contributed by atoms with Gasteiger partial charge in [-0.25, -0.2) is 0 Å². The first kappa shape index (κ1) is 98.2. The molecule has 0 unspecified atom stereocenters. The van der Waals surface area contributed by atoms with Crippen LogP contribution in [0, 0.1) is 6.92 Å². The minimum Gasteiger partial charge on any atom is -0.310 e. The predicted octanol–water partition coefficient (Wildman–Crippen LogP) is 40.2. The SMILES string of the molecule is CC(C)(C)c1ccc(N(c2cc(-c3ccc4c(c3)C(C)(C)c3cc(C(C)(C)C)ccc3-4)c(C(C)(C)C)c(-c3ccc4c(c3)C(C)(C)c3cc(C(C)(C)C)ccc3-4)c2)c2ccc3c(c2)C(C)(C)c2ccccc2-3)cc1.Cc1c(-c2ccc3c(c2)C(C)(C)c2cc(C(C)(C)C)ccc2-3)cc(N(c2ccc(C(C)(C)C)cc2)c2ccc3c(c2)C(C)(C)c2ccccc2-3)cc1-c1ccc2c(c1)C(C)(C)c1cc(C(C)(C)C)ccc1-2. The van der Waals surface area contributed by atoms with Crippen molar-refractivity contribution in [3.05, 3.63) is 415 Å². The largest absolute Gasteiger partial charge is 0.310 e. The molecule has 0 N–H and O–H groups in total. The van der Waals surface area contributed by atoms with E-state index in [9.17, 15) is 0 Å². The van der Waals surface area contributed by atoms with Gasteiger partial charge in [-0.1, -0.05) is 435 Å². The van der Waals surface area contributed by atoms with Gasteiger partial charge in [0.2, 0.25) is 0 Å². The quantitative estimate of drug-likeness (QED) is 0.135. The second-order valence-corrected chi connectivity index (χ2v) is 54.0. The molecular formula is C143H152N2. The first-order valence-electron chi connectivity index (χ1n) is 53.6. The maximum absolute atomic E-state index is 2.55. The highest BCUT2D eigenvalue weighted by Crippen LogP contribution is 2.61. The van der Waals surface area contributed by atoms with Crippen molar-refractivity contribution in [3.63, 3.8) is 0 Å². The molecule has 0 bridgehead atoms. The predicted molar refractivity (Wildman–Crippen MR) is 625 cm³/mol. The minimum absolute atomic E-state index is 0.0199. The Morgan fingerprint density at radius 2 is 0.345 bits per heavy atom. The van der Waals surface area contributed by atoms with Gasteiger partial charge in [0.25, 0.3) is 0 Å². The molecular weight excluding hydrogens is 1750 g/mol. The van der Waals surface area contributed by atoms with Crippen LogP contribution in [-0.2, 0) is 70.4 Å². The van der Waals surface area contributed by atoms with Crippen molar-refractivity contribution in [3.8, 4) is 111 Å². The molecule has 0 radical (unpaired) electrons. The van der Waals surface area contributed by atoms with Gasteiger partial charge in [0, 0.05) is 66.6 Å². The van der Waals surface area contributed by atoms with Crippen molar-refractivity contribution in [2.45, 2.75) is 306 Å². The van der Waals surface area contributed by atoms with E-state index in [4.69, 9.17) is 0 Å². The molecule has 6 aliphatic carbocycles. The second-order valence-electron chi connectivity index (χ2n) is 54.0. The van der Waals surface area contributed by atoms with Crippen LogP contribution in [0.3, 0.4) is 0 Å². The Bertz CT molecular complexity index is 7740. The van der Waals surface area contributed by atoms with Crippen LogP contribution >= 0.6 is 0 Å². The first-order chi connectivity index (χ1) is 67.7. The summed E-state index contributed by atoms with van der Waals surface area (Å²) in [6.07, 6.45) is 0. The van der Waals surface area contributed by atoms with Crippen molar-refractivity contribution in [2.75, 3.05) is 9.80 Å². The topological polar surface area (TPSA) is 6.48 Å². The monoisotopic (exact) mass is 1900 g/mol. The molecule has 0 amide bonds. The van der Waals surface area contributed by atoms with E-state index in [1.165, 1.54) is 223 Å². The Hall–Kier alpha value is -12.9. The summed E-state index contributed by atoms with van der Waals surface area (Å²) in [5, 5.41) is 0.